The second kappa shape index (κ2) is 2.78. The molecule has 0 unspecified atom stereocenters. The molecule has 5 heavy (non-hydrogen) atoms. The van der Waals surface area contributed by atoms with Crippen LogP contribution in [0.25, 0.3) is 0 Å². The Labute approximate surface area is 42.1 Å². The molecule has 0 aromatic carbocycles. The second-order valence-electron chi connectivity index (χ2n) is 0.284. The standard InChI is InChI=1S/Ir.H2O3S/c;1-4(2)3/h;4H,(H,1,2,3)/q+1;/p-1. The van der Waals surface area contributed by atoms with E-state index in [9.17, 15) is 8.42 Å². The van der Waals surface area contributed by atoms with Gasteiger partial charge in [0.25, 0.3) is 0 Å². The van der Waals surface area contributed by atoms with Crippen LogP contribution in [0.4, 0.5) is 0 Å². The number of hydrogen-bond donors (Lipinski definition) is 1. The summed E-state index contributed by atoms with van der Waals surface area (Å²) in [6, 6.07) is 0. The number of hydrogen-bond acceptors (Lipinski definition) is 3. The van der Waals surface area contributed by atoms with E-state index in [1.807, 2.05) is 0 Å². The summed E-state index contributed by atoms with van der Waals surface area (Å²) in [6.45, 7) is 0. The maximum absolute atomic E-state index is 9.18. The van der Waals surface area contributed by atoms with E-state index < -0.39 is 11.0 Å². The van der Waals surface area contributed by atoms with E-state index in [-0.39, 0.29) is 0 Å². The van der Waals surface area contributed by atoms with Gasteiger partial charge < -0.3 is 0 Å². The Bertz CT molecular complexity index is 65.0. The molecule has 0 saturated carbocycles. The van der Waals surface area contributed by atoms with Gasteiger partial charge in [-0.1, -0.05) is 0 Å². The third kappa shape index (κ3) is 4.56. The first-order valence-corrected chi connectivity index (χ1v) is 2.76. The van der Waals surface area contributed by atoms with Crippen LogP contribution in [0.3, 0.4) is 0 Å². The van der Waals surface area contributed by atoms with E-state index in [1.165, 1.54) is 0 Å². The SMILES string of the molecule is O=[SH](=O)[O][Ir]. The van der Waals surface area contributed by atoms with Crippen molar-refractivity contribution in [3.05, 3.63) is 0 Å². The van der Waals surface area contributed by atoms with Crippen molar-refractivity contribution >= 4 is 11.0 Å². The van der Waals surface area contributed by atoms with Gasteiger partial charge in [0.15, 0.2) is 0 Å². The molecule has 0 rings (SSSR count). The molecule has 0 aromatic heterocycles. The van der Waals surface area contributed by atoms with Gasteiger partial charge in [-0.15, -0.1) is 0 Å². The van der Waals surface area contributed by atoms with Crippen molar-refractivity contribution < 1.29 is 30.6 Å². The maximum atomic E-state index is 9.18. The zero-order valence-electron chi connectivity index (χ0n) is 2.01. The molecule has 0 bridgehead atoms. The van der Waals surface area contributed by atoms with E-state index in [0.29, 0.717) is 0 Å². The summed E-state index contributed by atoms with van der Waals surface area (Å²) in [6.07, 6.45) is 0. The van der Waals surface area contributed by atoms with Gasteiger partial charge in [-0.05, 0) is 0 Å². The first-order valence-electron chi connectivity index (χ1n) is 0.684. The van der Waals surface area contributed by atoms with E-state index in [2.05, 4.69) is 2.94 Å². The molecule has 0 saturated heterocycles. The third-order valence-electron chi connectivity index (χ3n) is 0.0497. The van der Waals surface area contributed by atoms with Crippen LogP contribution in [0, 0.1) is 0 Å². The summed E-state index contributed by atoms with van der Waals surface area (Å²) in [4.78, 5) is 0. The average molecular weight is 273 g/mol. The van der Waals surface area contributed by atoms with Gasteiger partial charge in [0.2, 0.25) is 0 Å². The van der Waals surface area contributed by atoms with Crippen LogP contribution < -0.4 is 0 Å². The molecule has 0 radical (unpaired) electrons. The van der Waals surface area contributed by atoms with Gasteiger partial charge >= 0.3 is 41.6 Å². The monoisotopic (exact) mass is 274 g/mol. The summed E-state index contributed by atoms with van der Waals surface area (Å²) in [5, 5.41) is 0. The van der Waals surface area contributed by atoms with Gasteiger partial charge in [0.1, 0.15) is 0 Å². The molecule has 0 aliphatic rings. The minimum atomic E-state index is -2.60. The zero-order valence-corrected chi connectivity index (χ0v) is 5.29. The Morgan fingerprint density at radius 2 is 1.80 bits per heavy atom. The Hall–Kier alpha value is 0.559. The van der Waals surface area contributed by atoms with Gasteiger partial charge in [-0.2, -0.15) is 0 Å². The van der Waals surface area contributed by atoms with Crippen molar-refractivity contribution in [2.24, 2.45) is 0 Å². The van der Waals surface area contributed by atoms with Crippen LogP contribution in [0.5, 0.6) is 0 Å². The molecule has 0 N–H and O–H groups in total. The molecule has 0 aliphatic heterocycles. The zero-order chi connectivity index (χ0) is 4.28. The summed E-state index contributed by atoms with van der Waals surface area (Å²) in [5.74, 6) is 0. The van der Waals surface area contributed by atoms with E-state index >= 15 is 0 Å². The molecule has 34 valence electrons. The quantitative estimate of drug-likeness (QED) is 0.623. The second-order valence-corrected chi connectivity index (χ2v) is 2.17. The van der Waals surface area contributed by atoms with Gasteiger partial charge in [-0.3, -0.25) is 0 Å². The van der Waals surface area contributed by atoms with Gasteiger partial charge in [0.05, 0.1) is 0 Å². The first-order chi connectivity index (χ1) is 2.27. The topological polar surface area (TPSA) is 43.4 Å². The molecular formula is HIrO3S. The summed E-state index contributed by atoms with van der Waals surface area (Å²) < 4.78 is 22.1. The fourth-order valence-electron chi connectivity index (χ4n) is 0. The summed E-state index contributed by atoms with van der Waals surface area (Å²) in [7, 11) is -2.60. The summed E-state index contributed by atoms with van der Waals surface area (Å²) in [5.41, 5.74) is 0. The molecule has 0 atom stereocenters. The van der Waals surface area contributed by atoms with E-state index in [0.717, 1.165) is 19.3 Å². The molecule has 3 nitrogen and oxygen atoms in total. The first kappa shape index (κ1) is 5.56. The van der Waals surface area contributed by atoms with Crippen LogP contribution in [0.1, 0.15) is 0 Å². The molecule has 0 aromatic rings. The van der Waals surface area contributed by atoms with Crippen LogP contribution in [-0.4, -0.2) is 8.42 Å². The molecule has 0 spiro atoms. The van der Waals surface area contributed by atoms with Crippen molar-refractivity contribution in [2.75, 3.05) is 0 Å². The Kier molecular flexibility index (Phi) is 3.09. The Morgan fingerprint density at radius 1 is 1.60 bits per heavy atom. The molecule has 0 amide bonds. The Balaban J connectivity index is 3.23. The Morgan fingerprint density at radius 3 is 1.80 bits per heavy atom. The van der Waals surface area contributed by atoms with E-state index in [4.69, 9.17) is 0 Å². The fraction of sp³-hybridized carbons (Fsp3) is 0. The number of thiol groups is 1. The van der Waals surface area contributed by atoms with Crippen molar-refractivity contribution in [3.8, 4) is 0 Å². The predicted molar refractivity (Wildman–Crippen MR) is 11.4 cm³/mol. The van der Waals surface area contributed by atoms with Crippen LogP contribution in [-0.2, 0) is 33.2 Å². The van der Waals surface area contributed by atoms with Crippen molar-refractivity contribution in [1.82, 2.24) is 0 Å². The van der Waals surface area contributed by atoms with Crippen LogP contribution in [0.15, 0.2) is 0 Å². The van der Waals surface area contributed by atoms with Crippen molar-refractivity contribution in [2.45, 2.75) is 0 Å². The molecule has 0 aliphatic carbocycles. The van der Waals surface area contributed by atoms with Crippen LogP contribution >= 0.6 is 0 Å². The predicted octanol–water partition coefficient (Wildman–Crippen LogP) is -1.01. The number of rotatable bonds is 1. The molecular weight excluding hydrogens is 272 g/mol. The van der Waals surface area contributed by atoms with Crippen LogP contribution in [0.2, 0.25) is 0 Å². The molecule has 0 heterocycles. The molecule has 5 heteroatoms. The van der Waals surface area contributed by atoms with Gasteiger partial charge in [0, 0.05) is 0 Å². The fourth-order valence-corrected chi connectivity index (χ4v) is 0. The van der Waals surface area contributed by atoms with Gasteiger partial charge in [-0.25, -0.2) is 0 Å². The minimum absolute atomic E-state index is 1.10. The van der Waals surface area contributed by atoms with E-state index in [1.54, 1.807) is 0 Å². The normalized spacial score (nSPS) is 9.40. The third-order valence-corrected chi connectivity index (χ3v) is 1.22. The van der Waals surface area contributed by atoms with Crippen molar-refractivity contribution in [1.29, 1.82) is 0 Å². The molecule has 0 fully saturated rings. The van der Waals surface area contributed by atoms with Crippen molar-refractivity contribution in [3.63, 3.8) is 0 Å². The average Bonchev–Trinajstić information content (AvgIpc) is 1.38. The summed E-state index contributed by atoms with van der Waals surface area (Å²) >= 11 is 1.10.